The summed E-state index contributed by atoms with van der Waals surface area (Å²) < 4.78 is 0. The molecule has 8 nitrogen and oxygen atoms in total. The lowest BCUT2D eigenvalue weighted by Gasteiger charge is -2.22. The molecule has 0 saturated carbocycles. The monoisotopic (exact) mass is 324 g/mol. The predicted molar refractivity (Wildman–Crippen MR) is 80.3 cm³/mol. The Morgan fingerprint density at radius 1 is 1.17 bits per heavy atom. The number of hydrogen-bond acceptors (Lipinski definition) is 6. The topological polar surface area (TPSA) is 125 Å². The Balaban J connectivity index is 2.66. The third-order valence-electron chi connectivity index (χ3n) is 3.03. The van der Waals surface area contributed by atoms with Crippen molar-refractivity contribution < 1.29 is 29.4 Å². The molecule has 4 N–H and O–H groups in total. The van der Waals surface area contributed by atoms with Crippen molar-refractivity contribution in [2.45, 2.75) is 25.9 Å². The minimum absolute atomic E-state index is 0.285. The molecule has 0 radical (unpaired) electrons. The molecular weight excluding hydrogens is 304 g/mol. The van der Waals surface area contributed by atoms with Gasteiger partial charge >= 0.3 is 11.9 Å². The van der Waals surface area contributed by atoms with Crippen LogP contribution < -0.4 is 10.8 Å². The van der Waals surface area contributed by atoms with Gasteiger partial charge in [-0.15, -0.1) is 5.48 Å². The second kappa shape index (κ2) is 8.86. The Bertz CT molecular complexity index is 546. The minimum Gasteiger partial charge on any atom is -0.480 e. The predicted octanol–water partition coefficient (Wildman–Crippen LogP) is -0.0657. The second-order valence-electron chi connectivity index (χ2n) is 5.18. The molecule has 0 saturated heterocycles. The molecule has 0 heterocycles. The SMILES string of the molecule is CC(C)[C@H](NOC(=O)c1ccccc1)C(=O)NC(CO)C(=O)O. The lowest BCUT2D eigenvalue weighted by molar-refractivity contribution is -0.144. The molecule has 1 unspecified atom stereocenters. The van der Waals surface area contributed by atoms with Gasteiger partial charge < -0.3 is 20.4 Å². The molecule has 0 spiro atoms. The van der Waals surface area contributed by atoms with Gasteiger partial charge in [0.2, 0.25) is 5.91 Å². The summed E-state index contributed by atoms with van der Waals surface area (Å²) in [5.41, 5.74) is 2.66. The van der Waals surface area contributed by atoms with E-state index in [1.807, 2.05) is 0 Å². The zero-order valence-electron chi connectivity index (χ0n) is 12.9. The largest absolute Gasteiger partial charge is 0.480 e. The molecule has 0 bridgehead atoms. The van der Waals surface area contributed by atoms with E-state index in [4.69, 9.17) is 15.1 Å². The van der Waals surface area contributed by atoms with Crippen molar-refractivity contribution in [1.82, 2.24) is 10.8 Å². The van der Waals surface area contributed by atoms with Gasteiger partial charge in [0.15, 0.2) is 0 Å². The third-order valence-corrected chi connectivity index (χ3v) is 3.03. The van der Waals surface area contributed by atoms with Crippen LogP contribution in [0.3, 0.4) is 0 Å². The molecule has 8 heteroatoms. The molecule has 0 fully saturated rings. The van der Waals surface area contributed by atoms with Crippen LogP contribution in [0.15, 0.2) is 30.3 Å². The van der Waals surface area contributed by atoms with E-state index >= 15 is 0 Å². The van der Waals surface area contributed by atoms with Gasteiger partial charge in [-0.3, -0.25) is 4.79 Å². The zero-order chi connectivity index (χ0) is 17.4. The standard InChI is InChI=1S/C15H20N2O6/c1-9(2)12(13(19)16-11(8-18)14(20)21)17-23-15(22)10-6-4-3-5-7-10/h3-7,9,11-12,17-18H,8H2,1-2H3,(H,16,19)(H,20,21)/t11?,12-/m0/s1. The molecule has 1 aromatic carbocycles. The van der Waals surface area contributed by atoms with Gasteiger partial charge in [0.1, 0.15) is 12.1 Å². The maximum absolute atomic E-state index is 12.1. The van der Waals surface area contributed by atoms with Crippen molar-refractivity contribution in [3.05, 3.63) is 35.9 Å². The van der Waals surface area contributed by atoms with Crippen LogP contribution in [-0.2, 0) is 14.4 Å². The van der Waals surface area contributed by atoms with Gasteiger partial charge in [-0.2, -0.15) is 0 Å². The molecule has 0 aliphatic heterocycles. The number of aliphatic hydroxyl groups excluding tert-OH is 1. The van der Waals surface area contributed by atoms with Crippen LogP contribution in [0.25, 0.3) is 0 Å². The van der Waals surface area contributed by atoms with E-state index < -0.39 is 36.5 Å². The quantitative estimate of drug-likeness (QED) is 0.493. The van der Waals surface area contributed by atoms with Crippen molar-refractivity contribution in [2.24, 2.45) is 5.92 Å². The van der Waals surface area contributed by atoms with Gasteiger partial charge in [-0.05, 0) is 18.1 Å². The highest BCUT2D eigenvalue weighted by atomic mass is 16.7. The van der Waals surface area contributed by atoms with Crippen LogP contribution in [0.5, 0.6) is 0 Å². The highest BCUT2D eigenvalue weighted by molar-refractivity contribution is 5.90. The van der Waals surface area contributed by atoms with Gasteiger partial charge in [0.05, 0.1) is 12.2 Å². The average molecular weight is 324 g/mol. The summed E-state index contributed by atoms with van der Waals surface area (Å²) in [6.45, 7) is 2.65. The Morgan fingerprint density at radius 3 is 2.26 bits per heavy atom. The molecule has 2 atom stereocenters. The number of nitrogens with one attached hydrogen (secondary N) is 2. The van der Waals surface area contributed by atoms with Crippen LogP contribution in [0.1, 0.15) is 24.2 Å². The average Bonchev–Trinajstić information content (AvgIpc) is 2.52. The fourth-order valence-corrected chi connectivity index (χ4v) is 1.69. The first-order chi connectivity index (χ1) is 10.9. The van der Waals surface area contributed by atoms with Crippen LogP contribution in [0.2, 0.25) is 0 Å². The normalized spacial score (nSPS) is 13.2. The molecule has 0 aromatic heterocycles. The van der Waals surface area contributed by atoms with Crippen LogP contribution in [0.4, 0.5) is 0 Å². The van der Waals surface area contributed by atoms with Crippen LogP contribution >= 0.6 is 0 Å². The first-order valence-electron chi connectivity index (χ1n) is 7.02. The second-order valence-corrected chi connectivity index (χ2v) is 5.18. The van der Waals surface area contributed by atoms with E-state index in [0.29, 0.717) is 5.56 Å². The smallest absolute Gasteiger partial charge is 0.356 e. The number of hydroxylamine groups is 1. The Hall–Kier alpha value is -2.45. The van der Waals surface area contributed by atoms with Crippen molar-refractivity contribution in [2.75, 3.05) is 6.61 Å². The van der Waals surface area contributed by atoms with E-state index in [1.165, 1.54) is 0 Å². The summed E-state index contributed by atoms with van der Waals surface area (Å²) in [7, 11) is 0. The lowest BCUT2D eigenvalue weighted by atomic mass is 10.0. The number of hydrogen-bond donors (Lipinski definition) is 4. The fourth-order valence-electron chi connectivity index (χ4n) is 1.69. The summed E-state index contributed by atoms with van der Waals surface area (Å²) in [6, 6.07) is 5.81. The van der Waals surface area contributed by atoms with Gasteiger partial charge in [0, 0.05) is 0 Å². The number of benzene rings is 1. The van der Waals surface area contributed by atoms with Gasteiger partial charge in [0.25, 0.3) is 0 Å². The molecule has 1 aromatic rings. The molecular formula is C15H20N2O6. The first kappa shape index (κ1) is 18.6. The van der Waals surface area contributed by atoms with E-state index in [9.17, 15) is 14.4 Å². The number of carbonyl (C=O) groups is 3. The lowest BCUT2D eigenvalue weighted by Crippen LogP contribution is -2.53. The number of aliphatic hydroxyl groups is 1. The number of aliphatic carboxylic acids is 1. The van der Waals surface area contributed by atoms with Crippen molar-refractivity contribution >= 4 is 17.8 Å². The van der Waals surface area contributed by atoms with E-state index in [-0.39, 0.29) is 5.92 Å². The molecule has 1 rings (SSSR count). The maximum Gasteiger partial charge on any atom is 0.356 e. The highest BCUT2D eigenvalue weighted by Crippen LogP contribution is 2.05. The molecule has 126 valence electrons. The summed E-state index contributed by atoms with van der Waals surface area (Å²) in [5, 5.41) is 19.9. The van der Waals surface area contributed by atoms with Crippen LogP contribution in [-0.4, -0.2) is 46.7 Å². The minimum atomic E-state index is -1.42. The Kier molecular flexibility index (Phi) is 7.17. The van der Waals surface area contributed by atoms with E-state index in [2.05, 4.69) is 10.8 Å². The molecule has 23 heavy (non-hydrogen) atoms. The van der Waals surface area contributed by atoms with Crippen molar-refractivity contribution in [1.29, 1.82) is 0 Å². The van der Waals surface area contributed by atoms with Crippen molar-refractivity contribution in [3.63, 3.8) is 0 Å². The van der Waals surface area contributed by atoms with Gasteiger partial charge in [-0.1, -0.05) is 32.0 Å². The van der Waals surface area contributed by atoms with Crippen molar-refractivity contribution in [3.8, 4) is 0 Å². The molecule has 0 aliphatic carbocycles. The Labute approximate surface area is 133 Å². The maximum atomic E-state index is 12.1. The summed E-state index contributed by atoms with van der Waals surface area (Å²) in [6.07, 6.45) is 0. The summed E-state index contributed by atoms with van der Waals surface area (Å²) in [5.74, 6) is -3.00. The molecule has 0 aliphatic rings. The van der Waals surface area contributed by atoms with E-state index in [1.54, 1.807) is 44.2 Å². The number of carboxylic acids is 1. The highest BCUT2D eigenvalue weighted by Gasteiger charge is 2.28. The number of amides is 1. The van der Waals surface area contributed by atoms with Crippen LogP contribution in [0, 0.1) is 5.92 Å². The summed E-state index contributed by atoms with van der Waals surface area (Å²) in [4.78, 5) is 39.6. The first-order valence-corrected chi connectivity index (χ1v) is 7.02. The van der Waals surface area contributed by atoms with E-state index in [0.717, 1.165) is 0 Å². The zero-order valence-corrected chi connectivity index (χ0v) is 12.9. The number of carbonyl (C=O) groups excluding carboxylic acids is 2. The molecule has 1 amide bonds. The third kappa shape index (κ3) is 5.68. The fraction of sp³-hybridized carbons (Fsp3) is 0.400. The number of carboxylic acid groups (broad SMARTS) is 1. The summed E-state index contributed by atoms with van der Waals surface area (Å²) >= 11 is 0. The number of rotatable bonds is 8. The van der Waals surface area contributed by atoms with Gasteiger partial charge in [-0.25, -0.2) is 9.59 Å². The Morgan fingerprint density at radius 2 is 1.78 bits per heavy atom.